The molecule has 0 fully saturated rings. The third kappa shape index (κ3) is 11.4. The minimum atomic E-state index is 0. The van der Waals surface area contributed by atoms with Crippen molar-refractivity contribution in [2.24, 2.45) is 0 Å². The molecular formula is C7H17FO. The summed E-state index contributed by atoms with van der Waals surface area (Å²) in [5, 5.41) is 0. The fourth-order valence-corrected chi connectivity index (χ4v) is 0.673. The van der Waals surface area contributed by atoms with Gasteiger partial charge in [0.05, 0.1) is 0 Å². The number of hydrogen-bond donors (Lipinski definition) is 0. The Morgan fingerprint density at radius 2 is 1.78 bits per heavy atom. The summed E-state index contributed by atoms with van der Waals surface area (Å²) in [4.78, 5) is 0. The maximum Gasteiger partial charge on any atom is 0.0462 e. The van der Waals surface area contributed by atoms with Crippen LogP contribution in [-0.4, -0.2) is 13.7 Å². The standard InChI is InChI=1S/C7H16O.FH/c1-3-4-5-6-7-8-2;/h3-7H2,1-2H3;1H. The van der Waals surface area contributed by atoms with Crippen LogP contribution in [-0.2, 0) is 4.74 Å². The zero-order valence-electron chi connectivity index (χ0n) is 6.35. The zero-order chi connectivity index (χ0) is 6.24. The van der Waals surface area contributed by atoms with Gasteiger partial charge in [0.1, 0.15) is 0 Å². The van der Waals surface area contributed by atoms with Gasteiger partial charge in [0, 0.05) is 13.7 Å². The molecule has 0 rings (SSSR count). The molecule has 0 saturated heterocycles. The molecule has 2 heteroatoms. The van der Waals surface area contributed by atoms with Crippen molar-refractivity contribution in [1.82, 2.24) is 0 Å². The second-order valence-electron chi connectivity index (χ2n) is 2.05. The average Bonchev–Trinajstić information content (AvgIpc) is 1.81. The maximum absolute atomic E-state index is 4.89. The fourth-order valence-electron chi connectivity index (χ4n) is 0.673. The van der Waals surface area contributed by atoms with Gasteiger partial charge in [-0.25, -0.2) is 0 Å². The lowest BCUT2D eigenvalue weighted by Crippen LogP contribution is -1.86. The molecular weight excluding hydrogens is 119 g/mol. The molecule has 0 bridgehead atoms. The summed E-state index contributed by atoms with van der Waals surface area (Å²) in [5.74, 6) is 0. The van der Waals surface area contributed by atoms with Crippen molar-refractivity contribution in [3.8, 4) is 0 Å². The Hall–Kier alpha value is -0.110. The Morgan fingerprint density at radius 3 is 2.22 bits per heavy atom. The largest absolute Gasteiger partial charge is 0.385 e. The molecule has 0 aromatic rings. The van der Waals surface area contributed by atoms with Crippen LogP contribution < -0.4 is 0 Å². The van der Waals surface area contributed by atoms with Gasteiger partial charge < -0.3 is 4.74 Å². The Kier molecular flexibility index (Phi) is 14.0. The molecule has 0 aliphatic carbocycles. The van der Waals surface area contributed by atoms with E-state index in [0.717, 1.165) is 6.61 Å². The lowest BCUT2D eigenvalue weighted by molar-refractivity contribution is 0.192. The third-order valence-corrected chi connectivity index (χ3v) is 1.20. The second kappa shape index (κ2) is 10.8. The van der Waals surface area contributed by atoms with Gasteiger partial charge in [0.15, 0.2) is 0 Å². The topological polar surface area (TPSA) is 9.23 Å². The van der Waals surface area contributed by atoms with E-state index < -0.39 is 0 Å². The predicted octanol–water partition coefficient (Wildman–Crippen LogP) is 2.37. The SMILES string of the molecule is CCCCCCOC.F. The predicted molar refractivity (Wildman–Crippen MR) is 38.5 cm³/mol. The van der Waals surface area contributed by atoms with E-state index in [1.807, 2.05) is 0 Å². The van der Waals surface area contributed by atoms with Crippen LogP contribution in [0.3, 0.4) is 0 Å². The minimum absolute atomic E-state index is 0. The molecule has 0 aliphatic heterocycles. The summed E-state index contributed by atoms with van der Waals surface area (Å²) < 4.78 is 4.89. The molecule has 0 aliphatic rings. The van der Waals surface area contributed by atoms with Crippen molar-refractivity contribution in [1.29, 1.82) is 0 Å². The summed E-state index contributed by atoms with van der Waals surface area (Å²) in [7, 11) is 1.76. The van der Waals surface area contributed by atoms with Crippen molar-refractivity contribution in [2.75, 3.05) is 13.7 Å². The second-order valence-corrected chi connectivity index (χ2v) is 2.05. The number of unbranched alkanes of at least 4 members (excludes halogenated alkanes) is 3. The summed E-state index contributed by atoms with van der Waals surface area (Å²) in [6, 6.07) is 0. The van der Waals surface area contributed by atoms with Crippen molar-refractivity contribution in [3.05, 3.63) is 0 Å². The Labute approximate surface area is 56.8 Å². The van der Waals surface area contributed by atoms with Gasteiger partial charge in [-0.05, 0) is 6.42 Å². The van der Waals surface area contributed by atoms with Crippen LogP contribution in [0.2, 0.25) is 0 Å². The van der Waals surface area contributed by atoms with Crippen molar-refractivity contribution >= 4 is 0 Å². The quantitative estimate of drug-likeness (QED) is 0.527. The number of methoxy groups -OCH3 is 1. The maximum atomic E-state index is 4.89. The van der Waals surface area contributed by atoms with Crippen LogP contribution >= 0.6 is 0 Å². The van der Waals surface area contributed by atoms with Gasteiger partial charge >= 0.3 is 0 Å². The van der Waals surface area contributed by atoms with Gasteiger partial charge in [-0.3, -0.25) is 4.70 Å². The summed E-state index contributed by atoms with van der Waals surface area (Å²) in [5.41, 5.74) is 0. The third-order valence-electron chi connectivity index (χ3n) is 1.20. The first-order valence-electron chi connectivity index (χ1n) is 3.40. The van der Waals surface area contributed by atoms with E-state index in [9.17, 15) is 0 Å². The summed E-state index contributed by atoms with van der Waals surface area (Å²) >= 11 is 0. The average molecular weight is 136 g/mol. The van der Waals surface area contributed by atoms with Crippen LogP contribution in [0.5, 0.6) is 0 Å². The molecule has 0 saturated carbocycles. The highest BCUT2D eigenvalue weighted by molar-refractivity contribution is 4.37. The first-order valence-corrected chi connectivity index (χ1v) is 3.40. The highest BCUT2D eigenvalue weighted by Gasteiger charge is 1.83. The first kappa shape index (κ1) is 11.7. The molecule has 0 N–H and O–H groups in total. The van der Waals surface area contributed by atoms with Crippen LogP contribution in [0.1, 0.15) is 32.6 Å². The molecule has 0 aromatic heterocycles. The van der Waals surface area contributed by atoms with E-state index in [0.29, 0.717) is 0 Å². The Bertz CT molecular complexity index is 33.9. The molecule has 0 spiro atoms. The van der Waals surface area contributed by atoms with E-state index in [1.54, 1.807) is 7.11 Å². The monoisotopic (exact) mass is 136 g/mol. The number of rotatable bonds is 5. The molecule has 0 aromatic carbocycles. The number of hydrogen-bond acceptors (Lipinski definition) is 1. The minimum Gasteiger partial charge on any atom is -0.385 e. The zero-order valence-corrected chi connectivity index (χ0v) is 6.35. The van der Waals surface area contributed by atoms with Crippen molar-refractivity contribution < 1.29 is 9.44 Å². The van der Waals surface area contributed by atoms with Crippen molar-refractivity contribution in [3.63, 3.8) is 0 Å². The summed E-state index contributed by atoms with van der Waals surface area (Å²) in [6.07, 6.45) is 5.21. The van der Waals surface area contributed by atoms with Crippen LogP contribution in [0.15, 0.2) is 0 Å². The molecule has 0 radical (unpaired) electrons. The summed E-state index contributed by atoms with van der Waals surface area (Å²) in [6.45, 7) is 3.15. The highest BCUT2D eigenvalue weighted by Crippen LogP contribution is 1.97. The molecule has 0 atom stereocenters. The van der Waals surface area contributed by atoms with Gasteiger partial charge in [0.25, 0.3) is 0 Å². The number of ether oxygens (including phenoxy) is 1. The lowest BCUT2D eigenvalue weighted by Gasteiger charge is -1.95. The Morgan fingerprint density at radius 1 is 1.11 bits per heavy atom. The van der Waals surface area contributed by atoms with E-state index >= 15 is 0 Å². The van der Waals surface area contributed by atoms with Crippen LogP contribution in [0.25, 0.3) is 0 Å². The molecule has 0 amide bonds. The van der Waals surface area contributed by atoms with E-state index in [1.165, 1.54) is 25.7 Å². The molecule has 58 valence electrons. The highest BCUT2D eigenvalue weighted by atomic mass is 19.0. The normalized spacial score (nSPS) is 8.67. The molecule has 0 unspecified atom stereocenters. The van der Waals surface area contributed by atoms with Crippen LogP contribution in [0.4, 0.5) is 4.70 Å². The smallest absolute Gasteiger partial charge is 0.0462 e. The molecule has 1 nitrogen and oxygen atoms in total. The van der Waals surface area contributed by atoms with Gasteiger partial charge in [-0.1, -0.05) is 26.2 Å². The fraction of sp³-hybridized carbons (Fsp3) is 1.00. The van der Waals surface area contributed by atoms with Crippen LogP contribution in [0, 0.1) is 0 Å². The van der Waals surface area contributed by atoms with E-state index in [-0.39, 0.29) is 4.70 Å². The number of halogens is 1. The molecule has 9 heavy (non-hydrogen) atoms. The van der Waals surface area contributed by atoms with Crippen molar-refractivity contribution in [2.45, 2.75) is 32.6 Å². The van der Waals surface area contributed by atoms with E-state index in [4.69, 9.17) is 4.74 Å². The lowest BCUT2D eigenvalue weighted by atomic mass is 10.2. The molecule has 0 heterocycles. The van der Waals surface area contributed by atoms with Gasteiger partial charge in [-0.2, -0.15) is 0 Å². The van der Waals surface area contributed by atoms with Gasteiger partial charge in [-0.15, -0.1) is 0 Å². The van der Waals surface area contributed by atoms with E-state index in [2.05, 4.69) is 6.92 Å². The van der Waals surface area contributed by atoms with Gasteiger partial charge in [0.2, 0.25) is 0 Å². The Balaban J connectivity index is 0. The first-order chi connectivity index (χ1) is 3.91.